The first kappa shape index (κ1) is 34.2. The van der Waals surface area contributed by atoms with Gasteiger partial charge in [-0.3, -0.25) is 0 Å². The molecule has 2 aromatic heterocycles. The predicted octanol–water partition coefficient (Wildman–Crippen LogP) is 14.4. The van der Waals surface area contributed by atoms with Gasteiger partial charge in [-0.1, -0.05) is 102 Å². The lowest BCUT2D eigenvalue weighted by Crippen LogP contribution is -2.28. The third-order valence-corrected chi connectivity index (χ3v) is 15.1. The van der Waals surface area contributed by atoms with Crippen molar-refractivity contribution in [1.29, 1.82) is 10.5 Å². The lowest BCUT2D eigenvalue weighted by atomic mass is 9.59. The average Bonchev–Trinajstić information content (AvgIpc) is 3.77. The fourth-order valence-electron chi connectivity index (χ4n) is 12.7. The van der Waals surface area contributed by atoms with Crippen molar-refractivity contribution in [3.63, 3.8) is 0 Å². The quantitative estimate of drug-likeness (QED) is 0.180. The first-order valence-electron chi connectivity index (χ1n) is 21.8. The van der Waals surface area contributed by atoms with Crippen molar-refractivity contribution in [2.75, 3.05) is 0 Å². The van der Waals surface area contributed by atoms with Crippen LogP contribution in [0.5, 0.6) is 0 Å². The molecule has 0 spiro atoms. The normalized spacial score (nSPS) is 20.1. The molecule has 58 heavy (non-hydrogen) atoms. The Morgan fingerprint density at radius 1 is 0.534 bits per heavy atom. The van der Waals surface area contributed by atoms with Crippen LogP contribution in [0.4, 0.5) is 0 Å². The molecule has 0 amide bonds. The Balaban J connectivity index is 1.31. The van der Waals surface area contributed by atoms with Crippen LogP contribution in [-0.4, -0.2) is 4.40 Å². The second-order valence-electron chi connectivity index (χ2n) is 19.0. The van der Waals surface area contributed by atoms with E-state index in [0.717, 1.165) is 22.2 Å². The minimum Gasteiger partial charge on any atom is -0.308 e. The first-order valence-corrected chi connectivity index (χ1v) is 21.8. The highest BCUT2D eigenvalue weighted by atomic mass is 14.9. The summed E-state index contributed by atoms with van der Waals surface area (Å²) in [7, 11) is 0. The number of benzene rings is 6. The number of nitriles is 2. The van der Waals surface area contributed by atoms with Crippen LogP contribution in [0.25, 0.3) is 49.2 Å². The number of hydrogen-bond acceptors (Lipinski definition) is 2. The average molecular weight is 750 g/mol. The van der Waals surface area contributed by atoms with E-state index in [1.165, 1.54) is 125 Å². The van der Waals surface area contributed by atoms with Crippen molar-refractivity contribution in [3.05, 3.63) is 157 Å². The van der Waals surface area contributed by atoms with Gasteiger partial charge >= 0.3 is 0 Å². The van der Waals surface area contributed by atoms with Crippen LogP contribution in [-0.2, 0) is 0 Å². The summed E-state index contributed by atoms with van der Waals surface area (Å²) in [5.41, 5.74) is 22.6. The monoisotopic (exact) mass is 749 g/mol. The van der Waals surface area contributed by atoms with E-state index in [9.17, 15) is 10.5 Å². The highest BCUT2D eigenvalue weighted by molar-refractivity contribution is 6.27. The van der Waals surface area contributed by atoms with Gasteiger partial charge in [0.25, 0.3) is 0 Å². The summed E-state index contributed by atoms with van der Waals surface area (Å²) in [5.74, 6) is 2.06. The van der Waals surface area contributed by atoms with E-state index < -0.39 is 0 Å². The molecule has 1 fully saturated rings. The van der Waals surface area contributed by atoms with E-state index in [0.29, 0.717) is 29.6 Å². The molecule has 6 aromatic carbocycles. The maximum absolute atomic E-state index is 11.2. The van der Waals surface area contributed by atoms with E-state index >= 15 is 0 Å². The fourth-order valence-corrected chi connectivity index (χ4v) is 12.7. The molecule has 0 N–H and O–H groups in total. The molecule has 3 heteroatoms. The van der Waals surface area contributed by atoms with Gasteiger partial charge in [-0.25, -0.2) is 0 Å². The number of hydrogen-bond donors (Lipinski definition) is 0. The van der Waals surface area contributed by atoms with Gasteiger partial charge in [-0.05, 0) is 152 Å². The summed E-state index contributed by atoms with van der Waals surface area (Å²) in [4.78, 5) is 0. The molecule has 14 rings (SSSR count). The number of fused-ring (bicyclic) bond motifs is 8. The smallest absolute Gasteiger partial charge is 0.0995 e. The lowest BCUT2D eigenvalue weighted by Gasteiger charge is -2.43. The number of rotatable bonds is 4. The minimum absolute atomic E-state index is 0.000782. The Morgan fingerprint density at radius 3 is 1.45 bits per heavy atom. The summed E-state index contributed by atoms with van der Waals surface area (Å²) in [6, 6.07) is 37.9. The molecule has 1 saturated carbocycles. The standard InChI is InChI=1S/C55H47N3/c1-27(2)32-19-40(28(3)4)47(41(20-32)29(5)6)33-21-42-52-44(23-34(25-56)46-30-15-17-31(18-16-30)48(46)52)58-45-24-35(26-57)49-50-36-11-7-9-13-38(36)51(39-14-10-8-12-37(39)50)54(49)53(45)43(22-33)55(42)58/h7-14,19-24,27-31,50-51H,15-18H2,1-6H3. The van der Waals surface area contributed by atoms with Crippen molar-refractivity contribution in [3.8, 4) is 23.3 Å². The van der Waals surface area contributed by atoms with E-state index in [4.69, 9.17) is 0 Å². The summed E-state index contributed by atoms with van der Waals surface area (Å²) in [5, 5.41) is 27.2. The number of nitrogens with zero attached hydrogens (tertiary/aromatic N) is 3. The summed E-state index contributed by atoms with van der Waals surface area (Å²) in [6.45, 7) is 14.1. The Hall–Kier alpha value is -5.90. The Morgan fingerprint density at radius 2 is 0.983 bits per heavy atom. The van der Waals surface area contributed by atoms with Crippen LogP contribution in [0.15, 0.2) is 84.9 Å². The molecule has 6 aliphatic carbocycles. The van der Waals surface area contributed by atoms with Crippen molar-refractivity contribution in [2.24, 2.45) is 0 Å². The van der Waals surface area contributed by atoms with Crippen LogP contribution in [0, 0.1) is 22.7 Å². The second kappa shape index (κ2) is 11.8. The molecule has 8 aromatic rings. The largest absolute Gasteiger partial charge is 0.308 e. The molecule has 0 unspecified atom stereocenters. The molecular formula is C55H47N3. The zero-order valence-electron chi connectivity index (χ0n) is 34.3. The predicted molar refractivity (Wildman–Crippen MR) is 237 cm³/mol. The summed E-state index contributed by atoms with van der Waals surface area (Å²) < 4.78 is 2.48. The molecule has 6 aliphatic rings. The molecular weight excluding hydrogens is 703 g/mol. The number of aromatic nitrogens is 1. The van der Waals surface area contributed by atoms with E-state index in [2.05, 4.69) is 143 Å². The summed E-state index contributed by atoms with van der Waals surface area (Å²) >= 11 is 0. The molecule has 282 valence electrons. The van der Waals surface area contributed by atoms with Gasteiger partial charge in [0.1, 0.15) is 0 Å². The maximum Gasteiger partial charge on any atom is 0.0995 e. The van der Waals surface area contributed by atoms with Gasteiger partial charge in [-0.15, -0.1) is 0 Å². The van der Waals surface area contributed by atoms with Gasteiger partial charge in [0, 0.05) is 33.4 Å². The molecule has 0 saturated heterocycles. The third-order valence-electron chi connectivity index (χ3n) is 15.1. The van der Waals surface area contributed by atoms with Gasteiger partial charge in [0.05, 0.1) is 39.8 Å². The minimum atomic E-state index is -0.000782. The van der Waals surface area contributed by atoms with E-state index in [-0.39, 0.29) is 11.8 Å². The Bertz CT molecular complexity index is 3120. The molecule has 3 nitrogen and oxygen atoms in total. The highest BCUT2D eigenvalue weighted by Crippen LogP contribution is 2.61. The van der Waals surface area contributed by atoms with Crippen LogP contribution in [0.3, 0.4) is 0 Å². The maximum atomic E-state index is 11.2. The van der Waals surface area contributed by atoms with Crippen molar-refractivity contribution >= 4 is 38.1 Å². The molecule has 4 bridgehead atoms. The van der Waals surface area contributed by atoms with Gasteiger partial charge in [-0.2, -0.15) is 10.5 Å². The topological polar surface area (TPSA) is 52.0 Å². The molecule has 0 aliphatic heterocycles. The zero-order chi connectivity index (χ0) is 39.5. The van der Waals surface area contributed by atoms with Gasteiger partial charge < -0.3 is 4.40 Å². The molecule has 0 radical (unpaired) electrons. The van der Waals surface area contributed by atoms with Crippen molar-refractivity contribution < 1.29 is 0 Å². The lowest BCUT2D eigenvalue weighted by molar-refractivity contribution is 0.361. The Labute approximate surface area is 340 Å². The third kappa shape index (κ3) is 4.17. The van der Waals surface area contributed by atoms with Crippen molar-refractivity contribution in [2.45, 2.75) is 109 Å². The summed E-state index contributed by atoms with van der Waals surface area (Å²) in [6.07, 6.45) is 4.74. The molecule has 2 heterocycles. The van der Waals surface area contributed by atoms with E-state index in [1.807, 2.05) is 0 Å². The molecule has 0 atom stereocenters. The van der Waals surface area contributed by atoms with Crippen LogP contribution < -0.4 is 0 Å². The van der Waals surface area contributed by atoms with Crippen LogP contribution in [0.2, 0.25) is 0 Å². The Kier molecular flexibility index (Phi) is 6.97. The van der Waals surface area contributed by atoms with Gasteiger partial charge in [0.2, 0.25) is 0 Å². The highest BCUT2D eigenvalue weighted by Gasteiger charge is 2.45. The first-order chi connectivity index (χ1) is 28.2. The van der Waals surface area contributed by atoms with Crippen LogP contribution >= 0.6 is 0 Å². The van der Waals surface area contributed by atoms with E-state index in [1.54, 1.807) is 0 Å². The fraction of sp³-hybridized carbons (Fsp3) is 0.309. The van der Waals surface area contributed by atoms with Crippen LogP contribution in [0.1, 0.15) is 181 Å². The zero-order valence-corrected chi connectivity index (χ0v) is 34.3. The SMILES string of the molecule is CC(C)c1cc(C(C)C)c(-c2cc3c4c5c(c(C#N)cc4n4c6cc(C#N)c7c(c6c(c2)c34)C2c3ccccc3C7c3ccccc32)C2CCC5CC2)c(C(C)C)c1. The van der Waals surface area contributed by atoms with Crippen molar-refractivity contribution in [1.82, 2.24) is 4.40 Å². The van der Waals surface area contributed by atoms with Gasteiger partial charge in [0.15, 0.2) is 0 Å². The second-order valence-corrected chi connectivity index (χ2v) is 19.0.